The van der Waals surface area contributed by atoms with Gasteiger partial charge in [-0.15, -0.1) is 0 Å². The third-order valence-corrected chi connectivity index (χ3v) is 5.88. The van der Waals surface area contributed by atoms with Crippen molar-refractivity contribution in [2.24, 2.45) is 5.92 Å². The molecule has 1 atom stereocenters. The van der Waals surface area contributed by atoms with Crippen LogP contribution in [0.5, 0.6) is 5.75 Å². The predicted molar refractivity (Wildman–Crippen MR) is 130 cm³/mol. The van der Waals surface area contributed by atoms with Gasteiger partial charge in [0.2, 0.25) is 0 Å². The molecule has 0 saturated carbocycles. The summed E-state index contributed by atoms with van der Waals surface area (Å²) in [4.78, 5) is 11.1. The second-order valence-corrected chi connectivity index (χ2v) is 8.50. The molecule has 188 valence electrons. The first-order chi connectivity index (χ1) is 16.7. The Morgan fingerprint density at radius 1 is 1.09 bits per heavy atom. The van der Waals surface area contributed by atoms with Crippen LogP contribution in [0.2, 0.25) is 0 Å². The number of furan rings is 1. The summed E-state index contributed by atoms with van der Waals surface area (Å²) in [5.41, 5.74) is 4.03. The maximum atomic E-state index is 13.3. The second kappa shape index (κ2) is 12.0. The summed E-state index contributed by atoms with van der Waals surface area (Å²) in [7, 11) is 0. The van der Waals surface area contributed by atoms with E-state index >= 15 is 0 Å². The third kappa shape index (κ3) is 7.13. The van der Waals surface area contributed by atoms with Gasteiger partial charge in [0.05, 0.1) is 0 Å². The zero-order chi connectivity index (χ0) is 25.4. The van der Waals surface area contributed by atoms with Gasteiger partial charge in [0, 0.05) is 23.1 Å². The van der Waals surface area contributed by atoms with Crippen LogP contribution in [0.1, 0.15) is 44.2 Å². The number of fused-ring (bicyclic) bond motifs is 1. The summed E-state index contributed by atoms with van der Waals surface area (Å²) >= 11 is 0. The van der Waals surface area contributed by atoms with E-state index in [9.17, 15) is 18.0 Å². The first-order valence-corrected chi connectivity index (χ1v) is 11.9. The van der Waals surface area contributed by atoms with Gasteiger partial charge in [-0.1, -0.05) is 51.5 Å². The minimum atomic E-state index is -4.58. The molecule has 0 aliphatic heterocycles. The highest BCUT2D eigenvalue weighted by Gasteiger charge is 2.41. The van der Waals surface area contributed by atoms with Crippen molar-refractivity contribution in [1.82, 2.24) is 0 Å². The summed E-state index contributed by atoms with van der Waals surface area (Å²) in [6.07, 6.45) is 1.71. The largest absolute Gasteiger partial charge is 0.493 e. The van der Waals surface area contributed by atoms with Crippen molar-refractivity contribution in [2.75, 3.05) is 13.2 Å². The summed E-state index contributed by atoms with van der Waals surface area (Å²) in [5, 5.41) is 0.828. The Labute approximate surface area is 203 Å². The number of hydrogen-bond acceptors (Lipinski definition) is 4. The van der Waals surface area contributed by atoms with E-state index < -0.39 is 31.3 Å². The van der Waals surface area contributed by atoms with Crippen molar-refractivity contribution in [3.63, 3.8) is 0 Å². The van der Waals surface area contributed by atoms with Gasteiger partial charge < -0.3 is 13.9 Å². The van der Waals surface area contributed by atoms with Crippen LogP contribution in [0.25, 0.3) is 22.3 Å². The molecule has 0 N–H and O–H groups in total. The van der Waals surface area contributed by atoms with E-state index in [0.29, 0.717) is 11.3 Å². The summed E-state index contributed by atoms with van der Waals surface area (Å²) in [5.74, 6) is -1.93. The molecule has 0 aliphatic carbocycles. The SMILES string of the molecule is C=CC(=O)OCC(COc1ccc2cc(-c3ccc(CCCCC)cc3CC)oc2c1)C(F)(F)F. The summed E-state index contributed by atoms with van der Waals surface area (Å²) < 4.78 is 55.9. The first-order valence-electron chi connectivity index (χ1n) is 11.9. The van der Waals surface area contributed by atoms with Crippen molar-refractivity contribution in [1.29, 1.82) is 0 Å². The molecule has 4 nitrogen and oxygen atoms in total. The minimum absolute atomic E-state index is 0.240. The molecule has 0 fully saturated rings. The number of alkyl halides is 3. The molecule has 1 aromatic heterocycles. The van der Waals surface area contributed by atoms with Gasteiger partial charge in [0.15, 0.2) is 0 Å². The maximum Gasteiger partial charge on any atom is 0.398 e. The zero-order valence-electron chi connectivity index (χ0n) is 20.1. The van der Waals surface area contributed by atoms with Crippen LogP contribution in [0.15, 0.2) is 59.5 Å². The Balaban J connectivity index is 1.75. The average molecular weight is 489 g/mol. The van der Waals surface area contributed by atoms with Crippen LogP contribution < -0.4 is 4.74 Å². The Morgan fingerprint density at radius 3 is 2.57 bits per heavy atom. The molecule has 3 rings (SSSR count). The molecule has 3 aromatic rings. The van der Waals surface area contributed by atoms with E-state index in [1.54, 1.807) is 18.2 Å². The zero-order valence-corrected chi connectivity index (χ0v) is 20.1. The molecule has 0 spiro atoms. The van der Waals surface area contributed by atoms with Gasteiger partial charge in [-0.2, -0.15) is 13.2 Å². The highest BCUT2D eigenvalue weighted by molar-refractivity contribution is 5.84. The van der Waals surface area contributed by atoms with Crippen LogP contribution in [0, 0.1) is 5.92 Å². The molecule has 7 heteroatoms. The van der Waals surface area contributed by atoms with Gasteiger partial charge in [-0.25, -0.2) is 4.79 Å². The average Bonchev–Trinajstić information content (AvgIpc) is 3.26. The highest BCUT2D eigenvalue weighted by atomic mass is 19.4. The number of rotatable bonds is 12. The van der Waals surface area contributed by atoms with Crippen molar-refractivity contribution >= 4 is 16.9 Å². The molecule has 1 heterocycles. The van der Waals surface area contributed by atoms with E-state index in [4.69, 9.17) is 9.15 Å². The maximum absolute atomic E-state index is 13.3. The minimum Gasteiger partial charge on any atom is -0.493 e. The Kier molecular flexibility index (Phi) is 9.01. The Morgan fingerprint density at radius 2 is 1.89 bits per heavy atom. The Bertz CT molecular complexity index is 1150. The molecule has 0 amide bonds. The van der Waals surface area contributed by atoms with Crippen LogP contribution in [0.4, 0.5) is 13.2 Å². The lowest BCUT2D eigenvalue weighted by Gasteiger charge is -2.20. The number of carbonyl (C=O) groups is 1. The fourth-order valence-electron chi connectivity index (χ4n) is 3.82. The fourth-order valence-corrected chi connectivity index (χ4v) is 3.82. The van der Waals surface area contributed by atoms with Gasteiger partial charge in [-0.05, 0) is 48.6 Å². The number of carbonyl (C=O) groups excluding carboxylic acids is 1. The molecule has 0 saturated heterocycles. The monoisotopic (exact) mass is 488 g/mol. The molecular weight excluding hydrogens is 457 g/mol. The molecule has 0 bridgehead atoms. The van der Waals surface area contributed by atoms with Gasteiger partial charge in [0.1, 0.15) is 36.2 Å². The number of aryl methyl sites for hydroxylation is 2. The summed E-state index contributed by atoms with van der Waals surface area (Å²) in [6.45, 7) is 5.95. The fraction of sp³-hybridized carbons (Fsp3) is 0.393. The second-order valence-electron chi connectivity index (χ2n) is 8.50. The summed E-state index contributed by atoms with van der Waals surface area (Å²) in [6, 6.07) is 13.3. The molecule has 0 radical (unpaired) electrons. The first kappa shape index (κ1) is 26.4. The van der Waals surface area contributed by atoms with E-state index in [1.807, 2.05) is 6.07 Å². The number of hydrogen-bond donors (Lipinski definition) is 0. The topological polar surface area (TPSA) is 48.7 Å². The number of esters is 1. The number of unbranched alkanes of at least 4 members (excludes halogenated alkanes) is 2. The van der Waals surface area contributed by atoms with Crippen LogP contribution in [0.3, 0.4) is 0 Å². The lowest BCUT2D eigenvalue weighted by molar-refractivity contribution is -0.195. The smallest absolute Gasteiger partial charge is 0.398 e. The van der Waals surface area contributed by atoms with Crippen molar-refractivity contribution in [2.45, 2.75) is 52.1 Å². The van der Waals surface area contributed by atoms with Crippen molar-refractivity contribution in [3.8, 4) is 17.1 Å². The van der Waals surface area contributed by atoms with Crippen LogP contribution in [-0.2, 0) is 22.4 Å². The van der Waals surface area contributed by atoms with E-state index in [2.05, 4.69) is 43.4 Å². The third-order valence-electron chi connectivity index (χ3n) is 5.88. The molecule has 0 aliphatic rings. The van der Waals surface area contributed by atoms with Crippen molar-refractivity contribution in [3.05, 3.63) is 66.2 Å². The van der Waals surface area contributed by atoms with E-state index in [0.717, 1.165) is 36.3 Å². The van der Waals surface area contributed by atoms with Gasteiger partial charge in [0.25, 0.3) is 0 Å². The molecule has 35 heavy (non-hydrogen) atoms. The van der Waals surface area contributed by atoms with Gasteiger partial charge in [-0.3, -0.25) is 0 Å². The van der Waals surface area contributed by atoms with E-state index in [-0.39, 0.29) is 5.75 Å². The predicted octanol–water partition coefficient (Wildman–Crippen LogP) is 7.68. The molecular formula is C28H31F3O4. The quantitative estimate of drug-likeness (QED) is 0.149. The number of ether oxygens (including phenoxy) is 2. The Hall–Kier alpha value is -3.22. The van der Waals surface area contributed by atoms with Crippen LogP contribution in [-0.4, -0.2) is 25.4 Å². The van der Waals surface area contributed by atoms with E-state index in [1.165, 1.54) is 24.0 Å². The molecule has 1 unspecified atom stereocenters. The van der Waals surface area contributed by atoms with Crippen LogP contribution >= 0.6 is 0 Å². The van der Waals surface area contributed by atoms with Crippen molar-refractivity contribution < 1.29 is 31.9 Å². The molecule has 2 aromatic carbocycles. The van der Waals surface area contributed by atoms with Gasteiger partial charge >= 0.3 is 12.1 Å². The number of halogens is 3. The highest BCUT2D eigenvalue weighted by Crippen LogP contribution is 2.34. The standard InChI is InChI=1S/C28H31F3O4/c1-4-7-8-9-19-10-13-24(20(5-2)14-19)26-15-21-11-12-23(16-25(21)35-26)33-17-22(28(29,30)31)18-34-27(32)6-3/h6,10-16,22H,3-5,7-9,17-18H2,1-2H3. The lowest BCUT2D eigenvalue weighted by atomic mass is 9.97. The normalized spacial score (nSPS) is 12.5. The lowest BCUT2D eigenvalue weighted by Crippen LogP contribution is -2.33. The number of benzene rings is 2.